The maximum Gasteiger partial charge on any atom is 0.245 e. The van der Waals surface area contributed by atoms with Crippen molar-refractivity contribution in [2.75, 3.05) is 23.3 Å². The Balaban J connectivity index is 1.94. The molecule has 3 rings (SSSR count). The Morgan fingerprint density at radius 3 is 2.81 bits per heavy atom. The number of benzene rings is 1. The smallest absolute Gasteiger partial charge is 0.245 e. The molecule has 1 fully saturated rings. The summed E-state index contributed by atoms with van der Waals surface area (Å²) in [4.78, 5) is 13.8. The van der Waals surface area contributed by atoms with E-state index >= 15 is 0 Å². The van der Waals surface area contributed by atoms with E-state index in [0.29, 0.717) is 0 Å². The Kier molecular flexibility index (Phi) is 2.11. The summed E-state index contributed by atoms with van der Waals surface area (Å²) >= 11 is 0. The van der Waals surface area contributed by atoms with E-state index in [2.05, 4.69) is 16.3 Å². The van der Waals surface area contributed by atoms with Crippen molar-refractivity contribution in [3.05, 3.63) is 23.8 Å². The van der Waals surface area contributed by atoms with Crippen LogP contribution < -0.4 is 16.0 Å². The molecule has 4 heteroatoms. The van der Waals surface area contributed by atoms with Crippen LogP contribution >= 0.6 is 0 Å². The van der Waals surface area contributed by atoms with Gasteiger partial charge in [-0.1, -0.05) is 6.07 Å². The first-order valence-corrected chi connectivity index (χ1v) is 5.71. The summed E-state index contributed by atoms with van der Waals surface area (Å²) in [6.45, 7) is 2.22. The lowest BCUT2D eigenvalue weighted by atomic mass is 10.1. The van der Waals surface area contributed by atoms with Crippen LogP contribution in [0.25, 0.3) is 0 Å². The predicted octanol–water partition coefficient (Wildman–Crippen LogP) is 1.24. The Morgan fingerprint density at radius 1 is 1.31 bits per heavy atom. The SMILES string of the molecule is NC1C(=O)Nc2cc(N3CCCC3)ccc21. The molecule has 1 unspecified atom stereocenters. The number of rotatable bonds is 1. The number of hydrogen-bond donors (Lipinski definition) is 2. The van der Waals surface area contributed by atoms with Gasteiger partial charge in [-0.2, -0.15) is 0 Å². The second-order valence-electron chi connectivity index (χ2n) is 4.43. The molecule has 0 spiro atoms. The molecule has 16 heavy (non-hydrogen) atoms. The number of nitrogens with zero attached hydrogens (tertiary/aromatic N) is 1. The van der Waals surface area contributed by atoms with Crippen LogP contribution in [-0.2, 0) is 4.79 Å². The van der Waals surface area contributed by atoms with E-state index in [-0.39, 0.29) is 5.91 Å². The van der Waals surface area contributed by atoms with Crippen LogP contribution in [0.3, 0.4) is 0 Å². The van der Waals surface area contributed by atoms with Crippen LogP contribution in [0, 0.1) is 0 Å². The van der Waals surface area contributed by atoms with Crippen LogP contribution in [0.5, 0.6) is 0 Å². The highest BCUT2D eigenvalue weighted by Crippen LogP contribution is 2.33. The maximum absolute atomic E-state index is 11.4. The molecule has 1 aromatic carbocycles. The normalized spacial score (nSPS) is 23.4. The highest BCUT2D eigenvalue weighted by Gasteiger charge is 2.27. The summed E-state index contributed by atoms with van der Waals surface area (Å²) in [5.74, 6) is -0.103. The topological polar surface area (TPSA) is 58.4 Å². The van der Waals surface area contributed by atoms with Crippen molar-refractivity contribution in [3.8, 4) is 0 Å². The molecule has 2 heterocycles. The number of carbonyl (C=O) groups excluding carboxylic acids is 1. The second kappa shape index (κ2) is 3.49. The average Bonchev–Trinajstić information content (AvgIpc) is 2.88. The number of nitrogens with two attached hydrogens (primary N) is 1. The van der Waals surface area contributed by atoms with Gasteiger partial charge in [-0.15, -0.1) is 0 Å². The first-order chi connectivity index (χ1) is 7.75. The monoisotopic (exact) mass is 217 g/mol. The molecule has 1 atom stereocenters. The zero-order valence-electron chi connectivity index (χ0n) is 9.07. The van der Waals surface area contributed by atoms with Crippen molar-refractivity contribution >= 4 is 17.3 Å². The second-order valence-corrected chi connectivity index (χ2v) is 4.43. The number of fused-ring (bicyclic) bond motifs is 1. The minimum absolute atomic E-state index is 0.103. The van der Waals surface area contributed by atoms with Crippen molar-refractivity contribution in [2.24, 2.45) is 5.73 Å². The summed E-state index contributed by atoms with van der Waals surface area (Å²) in [6.07, 6.45) is 2.51. The molecule has 84 valence electrons. The predicted molar refractivity (Wildman–Crippen MR) is 63.4 cm³/mol. The van der Waals surface area contributed by atoms with E-state index in [4.69, 9.17) is 5.73 Å². The third kappa shape index (κ3) is 1.38. The summed E-state index contributed by atoms with van der Waals surface area (Å²) in [6, 6.07) is 5.56. The van der Waals surface area contributed by atoms with Crippen molar-refractivity contribution in [3.63, 3.8) is 0 Å². The minimum atomic E-state index is -0.498. The molecular formula is C12H15N3O. The molecule has 0 radical (unpaired) electrons. The zero-order valence-corrected chi connectivity index (χ0v) is 9.07. The molecule has 0 aliphatic carbocycles. The van der Waals surface area contributed by atoms with Crippen molar-refractivity contribution in [1.29, 1.82) is 0 Å². The molecule has 1 saturated heterocycles. The van der Waals surface area contributed by atoms with Crippen LogP contribution in [-0.4, -0.2) is 19.0 Å². The van der Waals surface area contributed by atoms with Crippen LogP contribution in [0.1, 0.15) is 24.4 Å². The molecule has 3 N–H and O–H groups in total. The molecule has 1 aromatic rings. The maximum atomic E-state index is 11.4. The van der Waals surface area contributed by atoms with Crippen LogP contribution in [0.15, 0.2) is 18.2 Å². The van der Waals surface area contributed by atoms with Gasteiger partial charge in [-0.25, -0.2) is 0 Å². The van der Waals surface area contributed by atoms with E-state index in [9.17, 15) is 4.79 Å². The number of carbonyl (C=O) groups is 1. The minimum Gasteiger partial charge on any atom is -0.371 e. The summed E-state index contributed by atoms with van der Waals surface area (Å²) < 4.78 is 0. The highest BCUT2D eigenvalue weighted by atomic mass is 16.2. The molecule has 4 nitrogen and oxygen atoms in total. The number of hydrogen-bond acceptors (Lipinski definition) is 3. The Bertz CT molecular complexity index is 438. The molecule has 0 aromatic heterocycles. The van der Waals surface area contributed by atoms with E-state index < -0.39 is 6.04 Å². The lowest BCUT2D eigenvalue weighted by Gasteiger charge is -2.18. The van der Waals surface area contributed by atoms with Gasteiger partial charge in [0.25, 0.3) is 0 Å². The Morgan fingerprint density at radius 2 is 2.06 bits per heavy atom. The van der Waals surface area contributed by atoms with Gasteiger partial charge in [0.15, 0.2) is 0 Å². The van der Waals surface area contributed by atoms with Crippen LogP contribution in [0.2, 0.25) is 0 Å². The van der Waals surface area contributed by atoms with E-state index in [1.807, 2.05) is 12.1 Å². The zero-order chi connectivity index (χ0) is 11.1. The van der Waals surface area contributed by atoms with Gasteiger partial charge in [0.2, 0.25) is 5.91 Å². The number of nitrogens with one attached hydrogen (secondary N) is 1. The molecular weight excluding hydrogens is 202 g/mol. The fraction of sp³-hybridized carbons (Fsp3) is 0.417. The fourth-order valence-electron chi connectivity index (χ4n) is 2.45. The van der Waals surface area contributed by atoms with E-state index in [1.165, 1.54) is 18.5 Å². The van der Waals surface area contributed by atoms with Crippen molar-refractivity contribution in [1.82, 2.24) is 0 Å². The van der Waals surface area contributed by atoms with E-state index in [1.54, 1.807) is 0 Å². The third-order valence-electron chi connectivity index (χ3n) is 3.38. The molecule has 1 amide bonds. The van der Waals surface area contributed by atoms with Gasteiger partial charge in [-0.3, -0.25) is 4.79 Å². The number of anilines is 2. The highest BCUT2D eigenvalue weighted by molar-refractivity contribution is 6.02. The summed E-state index contributed by atoms with van der Waals surface area (Å²) in [5.41, 5.74) is 8.74. The van der Waals surface area contributed by atoms with Gasteiger partial charge in [0.05, 0.1) is 0 Å². The molecule has 0 bridgehead atoms. The quantitative estimate of drug-likeness (QED) is 0.744. The average molecular weight is 217 g/mol. The molecule has 2 aliphatic heterocycles. The molecule has 2 aliphatic rings. The molecule has 0 saturated carbocycles. The largest absolute Gasteiger partial charge is 0.371 e. The first-order valence-electron chi connectivity index (χ1n) is 5.71. The van der Waals surface area contributed by atoms with E-state index in [0.717, 1.165) is 24.3 Å². The van der Waals surface area contributed by atoms with Crippen LogP contribution in [0.4, 0.5) is 11.4 Å². The van der Waals surface area contributed by atoms with Gasteiger partial charge in [0.1, 0.15) is 6.04 Å². The van der Waals surface area contributed by atoms with Crippen molar-refractivity contribution in [2.45, 2.75) is 18.9 Å². The van der Waals surface area contributed by atoms with Gasteiger partial charge >= 0.3 is 0 Å². The van der Waals surface area contributed by atoms with Gasteiger partial charge < -0.3 is 16.0 Å². The lowest BCUT2D eigenvalue weighted by Crippen LogP contribution is -2.19. The third-order valence-corrected chi connectivity index (χ3v) is 3.38. The lowest BCUT2D eigenvalue weighted by molar-refractivity contribution is -0.116. The standard InChI is InChI=1S/C12H15N3O/c13-11-9-4-3-8(15-5-1-2-6-15)7-10(9)14-12(11)16/h3-4,7,11H,1-2,5-6,13H2,(H,14,16). The Hall–Kier alpha value is -1.55. The Labute approximate surface area is 94.4 Å². The number of amides is 1. The van der Waals surface area contributed by atoms with Crippen molar-refractivity contribution < 1.29 is 4.79 Å². The first kappa shape index (κ1) is 9.66. The fourth-order valence-corrected chi connectivity index (χ4v) is 2.45. The summed E-state index contributed by atoms with van der Waals surface area (Å²) in [7, 11) is 0. The van der Waals surface area contributed by atoms with Gasteiger partial charge in [-0.05, 0) is 25.0 Å². The van der Waals surface area contributed by atoms with Gasteiger partial charge in [0, 0.05) is 30.0 Å². The summed E-state index contributed by atoms with van der Waals surface area (Å²) in [5, 5.41) is 2.82.